The SMILES string of the molecule is [2H]C1([2H])N(CCOCCO)CC(C)(C)N(C2=Nc3cc(C)c(C)cc3Sc3ccccc32)C1([2H])[2H]. The van der Waals surface area contributed by atoms with Gasteiger partial charge in [0.05, 0.1) is 28.2 Å². The lowest BCUT2D eigenvalue weighted by atomic mass is 9.97. The summed E-state index contributed by atoms with van der Waals surface area (Å²) in [6.45, 7) is 4.00. The molecule has 2 aliphatic rings. The van der Waals surface area contributed by atoms with Crippen molar-refractivity contribution in [3.05, 3.63) is 53.1 Å². The Morgan fingerprint density at radius 2 is 1.90 bits per heavy atom. The molecule has 0 aliphatic carbocycles. The third-order valence-electron chi connectivity index (χ3n) is 5.61. The van der Waals surface area contributed by atoms with E-state index >= 15 is 0 Å². The minimum Gasteiger partial charge on any atom is -0.394 e. The highest BCUT2D eigenvalue weighted by Gasteiger charge is 2.37. The first-order valence-corrected chi connectivity index (χ1v) is 11.4. The van der Waals surface area contributed by atoms with Gasteiger partial charge in [0.15, 0.2) is 0 Å². The lowest BCUT2D eigenvalue weighted by Crippen LogP contribution is -2.61. The van der Waals surface area contributed by atoms with E-state index in [4.69, 9.17) is 20.3 Å². The summed E-state index contributed by atoms with van der Waals surface area (Å²) in [5, 5.41) is 8.96. The van der Waals surface area contributed by atoms with Crippen LogP contribution in [0.4, 0.5) is 5.69 Å². The summed E-state index contributed by atoms with van der Waals surface area (Å²) in [6.07, 6.45) is 0. The molecule has 0 unspecified atom stereocenters. The molecule has 2 aromatic carbocycles. The topological polar surface area (TPSA) is 48.3 Å². The molecule has 0 spiro atoms. The van der Waals surface area contributed by atoms with Crippen LogP contribution >= 0.6 is 11.8 Å². The van der Waals surface area contributed by atoms with E-state index < -0.39 is 18.5 Å². The summed E-state index contributed by atoms with van der Waals surface area (Å²) in [6, 6.07) is 11.9. The maximum atomic E-state index is 9.11. The van der Waals surface area contributed by atoms with Crippen molar-refractivity contribution in [2.75, 3.05) is 45.9 Å². The van der Waals surface area contributed by atoms with Crippen LogP contribution in [-0.2, 0) is 4.74 Å². The van der Waals surface area contributed by atoms with Gasteiger partial charge < -0.3 is 14.7 Å². The predicted octanol–water partition coefficient (Wildman–Crippen LogP) is 4.25. The van der Waals surface area contributed by atoms with Crippen LogP contribution in [0.5, 0.6) is 0 Å². The molecule has 31 heavy (non-hydrogen) atoms. The first-order valence-electron chi connectivity index (χ1n) is 12.6. The van der Waals surface area contributed by atoms with Gasteiger partial charge in [-0.2, -0.15) is 0 Å². The number of benzene rings is 2. The molecule has 0 amide bonds. The van der Waals surface area contributed by atoms with E-state index in [1.54, 1.807) is 11.8 Å². The van der Waals surface area contributed by atoms with Gasteiger partial charge in [-0.1, -0.05) is 30.0 Å². The minimum absolute atomic E-state index is 0.106. The van der Waals surface area contributed by atoms with Crippen molar-refractivity contribution in [1.82, 2.24) is 9.80 Å². The van der Waals surface area contributed by atoms with E-state index in [2.05, 4.69) is 13.0 Å². The van der Waals surface area contributed by atoms with Crippen molar-refractivity contribution in [2.45, 2.75) is 43.0 Å². The molecular formula is C25H33N3O2S. The fourth-order valence-corrected chi connectivity index (χ4v) is 4.91. The number of amidine groups is 1. The number of hydrogen-bond donors (Lipinski definition) is 1. The average Bonchev–Trinajstić information content (AvgIpc) is 2.91. The van der Waals surface area contributed by atoms with Crippen molar-refractivity contribution in [3.8, 4) is 0 Å². The number of fused-ring (bicyclic) bond motifs is 2. The van der Waals surface area contributed by atoms with Crippen molar-refractivity contribution in [2.24, 2.45) is 4.99 Å². The Bertz CT molecular complexity index is 1140. The summed E-state index contributed by atoms with van der Waals surface area (Å²) in [4.78, 5) is 10.0. The maximum absolute atomic E-state index is 9.11. The minimum atomic E-state index is -2.40. The summed E-state index contributed by atoms with van der Waals surface area (Å²) >= 11 is 1.61. The fraction of sp³-hybridized carbons (Fsp3) is 0.480. The van der Waals surface area contributed by atoms with Crippen LogP contribution in [-0.4, -0.2) is 72.2 Å². The van der Waals surface area contributed by atoms with Crippen LogP contribution in [0, 0.1) is 13.8 Å². The Labute approximate surface area is 195 Å². The van der Waals surface area contributed by atoms with Crippen LogP contribution in [0.15, 0.2) is 51.2 Å². The van der Waals surface area contributed by atoms with E-state index in [1.807, 2.05) is 51.1 Å². The van der Waals surface area contributed by atoms with Gasteiger partial charge in [-0.15, -0.1) is 0 Å². The molecular weight excluding hydrogens is 406 g/mol. The van der Waals surface area contributed by atoms with Crippen molar-refractivity contribution < 1.29 is 15.3 Å². The van der Waals surface area contributed by atoms with E-state index in [9.17, 15) is 0 Å². The van der Waals surface area contributed by atoms with E-state index in [0.29, 0.717) is 5.84 Å². The smallest absolute Gasteiger partial charge is 0.138 e. The molecule has 0 saturated carbocycles. The molecule has 0 aromatic heterocycles. The highest BCUT2D eigenvalue weighted by Crippen LogP contribution is 2.42. The highest BCUT2D eigenvalue weighted by atomic mass is 32.2. The Kier molecular flexibility index (Phi) is 5.32. The Morgan fingerprint density at radius 1 is 1.13 bits per heavy atom. The third-order valence-corrected chi connectivity index (χ3v) is 6.73. The second kappa shape index (κ2) is 9.33. The first-order chi connectivity index (χ1) is 16.4. The number of aliphatic imine (C=N–C) groups is 1. The number of aliphatic hydroxyl groups excluding tert-OH is 1. The van der Waals surface area contributed by atoms with Crippen LogP contribution in [0.2, 0.25) is 0 Å². The summed E-state index contributed by atoms with van der Waals surface area (Å²) in [7, 11) is 0. The summed E-state index contributed by atoms with van der Waals surface area (Å²) in [5.41, 5.74) is 3.03. The summed E-state index contributed by atoms with van der Waals surface area (Å²) < 4.78 is 41.3. The second-order valence-corrected chi connectivity index (χ2v) is 9.65. The molecule has 5 nitrogen and oxygen atoms in total. The lowest BCUT2D eigenvalue weighted by molar-refractivity contribution is 0.0340. The lowest BCUT2D eigenvalue weighted by Gasteiger charge is -2.48. The fourth-order valence-electron chi connectivity index (χ4n) is 3.81. The molecule has 4 rings (SSSR count). The molecule has 1 N–H and O–H groups in total. The molecule has 2 heterocycles. The molecule has 0 radical (unpaired) electrons. The quantitative estimate of drug-likeness (QED) is 0.700. The standard InChI is InChI=1S/C25H33N3O2S/c1-18-15-21-23(16-19(18)2)31-22-8-6-5-7-20(22)24(26-21)28-10-9-27(17-25(28,3)4)11-13-30-14-12-29/h5-8,15-16,29H,9-14,17H2,1-4H3/i9D2,10D2. The number of piperazine rings is 1. The zero-order chi connectivity index (χ0) is 25.6. The van der Waals surface area contributed by atoms with E-state index in [1.165, 1.54) is 9.80 Å². The number of rotatable bonds is 5. The molecule has 6 heteroatoms. The maximum Gasteiger partial charge on any atom is 0.138 e. The van der Waals surface area contributed by atoms with Gasteiger partial charge in [-0.25, -0.2) is 4.99 Å². The number of nitrogens with zero attached hydrogens (tertiary/aromatic N) is 3. The predicted molar refractivity (Wildman–Crippen MR) is 128 cm³/mol. The van der Waals surface area contributed by atoms with Crippen LogP contribution < -0.4 is 0 Å². The average molecular weight is 444 g/mol. The van der Waals surface area contributed by atoms with Gasteiger partial charge in [0.1, 0.15) is 5.84 Å². The molecule has 1 saturated heterocycles. The molecule has 166 valence electrons. The molecule has 0 bridgehead atoms. The van der Waals surface area contributed by atoms with E-state index in [0.717, 1.165) is 32.2 Å². The highest BCUT2D eigenvalue weighted by molar-refractivity contribution is 7.99. The second-order valence-electron chi connectivity index (χ2n) is 8.57. The van der Waals surface area contributed by atoms with Crippen LogP contribution in [0.3, 0.4) is 0 Å². The third kappa shape index (κ3) is 4.82. The van der Waals surface area contributed by atoms with Crippen LogP contribution in [0.1, 0.15) is 36.0 Å². The normalized spacial score (nSPS) is 23.4. The Morgan fingerprint density at radius 3 is 2.71 bits per heavy atom. The Balaban J connectivity index is 1.84. The van der Waals surface area contributed by atoms with Gasteiger partial charge in [0, 0.05) is 49.7 Å². The number of aryl methyl sites for hydroxylation is 2. The van der Waals surface area contributed by atoms with Gasteiger partial charge in [-0.3, -0.25) is 4.90 Å². The van der Waals surface area contributed by atoms with Crippen molar-refractivity contribution in [3.63, 3.8) is 0 Å². The molecule has 2 aromatic rings. The molecule has 1 fully saturated rings. The van der Waals surface area contributed by atoms with Crippen molar-refractivity contribution in [1.29, 1.82) is 0 Å². The number of ether oxygens (including phenoxy) is 1. The molecule has 2 aliphatic heterocycles. The molecule has 0 atom stereocenters. The van der Waals surface area contributed by atoms with Gasteiger partial charge in [0.25, 0.3) is 0 Å². The van der Waals surface area contributed by atoms with E-state index in [-0.39, 0.29) is 32.9 Å². The van der Waals surface area contributed by atoms with Gasteiger partial charge in [-0.05, 0) is 57.0 Å². The number of aliphatic hydroxyl groups is 1. The first kappa shape index (κ1) is 17.7. The van der Waals surface area contributed by atoms with Crippen LogP contribution in [0.25, 0.3) is 0 Å². The monoisotopic (exact) mass is 443 g/mol. The zero-order valence-corrected chi connectivity index (χ0v) is 19.4. The zero-order valence-electron chi connectivity index (χ0n) is 22.6. The van der Waals surface area contributed by atoms with Gasteiger partial charge >= 0.3 is 0 Å². The number of hydrogen-bond acceptors (Lipinski definition) is 6. The largest absolute Gasteiger partial charge is 0.394 e. The Hall–Kier alpha value is -1.86. The summed E-state index contributed by atoms with van der Waals surface area (Å²) in [5.74, 6) is 0.435. The van der Waals surface area contributed by atoms with Gasteiger partial charge in [0.2, 0.25) is 0 Å². The van der Waals surface area contributed by atoms with Crippen molar-refractivity contribution >= 4 is 23.3 Å².